The van der Waals surface area contributed by atoms with Gasteiger partial charge >= 0.3 is 5.97 Å². The number of hydrogen-bond acceptors (Lipinski definition) is 6. The van der Waals surface area contributed by atoms with Gasteiger partial charge in [-0.3, -0.25) is 9.59 Å². The molecular weight excluding hydrogens is 380 g/mol. The molecule has 1 aliphatic heterocycles. The van der Waals surface area contributed by atoms with Crippen molar-refractivity contribution in [2.24, 2.45) is 5.92 Å². The molecule has 0 aliphatic carbocycles. The summed E-state index contributed by atoms with van der Waals surface area (Å²) in [5.41, 5.74) is 1.96. The van der Waals surface area contributed by atoms with Gasteiger partial charge in [-0.15, -0.1) is 11.3 Å². The standard InChI is InChI=1S/C19H24N4O4S/c1-4-27-18(26)14-11(2)15(21-12(14)3)17(25)23-8-5-6-13(10-23)16(24)22-19-20-7-9-28-19/h7,9,13,21H,4-6,8,10H2,1-3H3,(H,20,22,24). The van der Waals surface area contributed by atoms with Crippen LogP contribution < -0.4 is 5.32 Å². The van der Waals surface area contributed by atoms with E-state index in [1.807, 2.05) is 0 Å². The van der Waals surface area contributed by atoms with Crippen molar-refractivity contribution in [2.75, 3.05) is 25.0 Å². The smallest absolute Gasteiger partial charge is 0.340 e. The summed E-state index contributed by atoms with van der Waals surface area (Å²) in [5.74, 6) is -1.06. The second kappa shape index (κ2) is 8.55. The van der Waals surface area contributed by atoms with Gasteiger partial charge in [-0.25, -0.2) is 9.78 Å². The van der Waals surface area contributed by atoms with Crippen LogP contribution in [0.2, 0.25) is 0 Å². The Morgan fingerprint density at radius 3 is 2.86 bits per heavy atom. The third-order valence-electron chi connectivity index (χ3n) is 4.87. The molecule has 2 aromatic rings. The Morgan fingerprint density at radius 1 is 1.39 bits per heavy atom. The van der Waals surface area contributed by atoms with Crippen LogP contribution in [0.4, 0.5) is 5.13 Å². The lowest BCUT2D eigenvalue weighted by Gasteiger charge is -2.31. The van der Waals surface area contributed by atoms with Crippen molar-refractivity contribution in [1.82, 2.24) is 14.9 Å². The lowest BCUT2D eigenvalue weighted by Crippen LogP contribution is -2.44. The number of piperidine rings is 1. The average Bonchev–Trinajstić information content (AvgIpc) is 3.29. The van der Waals surface area contributed by atoms with E-state index in [0.717, 1.165) is 12.8 Å². The number of rotatable bonds is 5. The molecule has 0 bridgehead atoms. The molecule has 0 spiro atoms. The van der Waals surface area contributed by atoms with Gasteiger partial charge in [-0.05, 0) is 39.2 Å². The summed E-state index contributed by atoms with van der Waals surface area (Å²) in [6.07, 6.45) is 3.09. The van der Waals surface area contributed by atoms with Crippen LogP contribution in [0.5, 0.6) is 0 Å². The van der Waals surface area contributed by atoms with Crippen molar-refractivity contribution >= 4 is 34.3 Å². The van der Waals surface area contributed by atoms with Crippen LogP contribution in [0.1, 0.15) is 51.9 Å². The number of carbonyl (C=O) groups excluding carboxylic acids is 3. The van der Waals surface area contributed by atoms with Gasteiger partial charge in [0.1, 0.15) is 5.69 Å². The second-order valence-corrected chi connectivity index (χ2v) is 7.66. The molecule has 2 amide bonds. The fourth-order valence-corrected chi connectivity index (χ4v) is 4.03. The van der Waals surface area contributed by atoms with E-state index in [2.05, 4.69) is 15.3 Å². The lowest BCUT2D eigenvalue weighted by molar-refractivity contribution is -0.121. The molecule has 1 saturated heterocycles. The highest BCUT2D eigenvalue weighted by Crippen LogP contribution is 2.24. The fraction of sp³-hybridized carbons (Fsp3) is 0.474. The Hall–Kier alpha value is -2.68. The highest BCUT2D eigenvalue weighted by atomic mass is 32.1. The minimum atomic E-state index is -0.438. The van der Waals surface area contributed by atoms with Crippen LogP contribution in [-0.4, -0.2) is 52.3 Å². The quantitative estimate of drug-likeness (QED) is 0.746. The molecule has 150 valence electrons. The Kier molecular flexibility index (Phi) is 6.13. The summed E-state index contributed by atoms with van der Waals surface area (Å²) >= 11 is 1.36. The minimum Gasteiger partial charge on any atom is -0.462 e. The summed E-state index contributed by atoms with van der Waals surface area (Å²) in [5, 5.41) is 5.16. The van der Waals surface area contributed by atoms with E-state index in [4.69, 9.17) is 4.74 Å². The monoisotopic (exact) mass is 404 g/mol. The van der Waals surface area contributed by atoms with E-state index in [0.29, 0.717) is 40.7 Å². The number of esters is 1. The van der Waals surface area contributed by atoms with Crippen LogP contribution in [0.15, 0.2) is 11.6 Å². The largest absolute Gasteiger partial charge is 0.462 e. The molecule has 3 rings (SSSR count). The first-order chi connectivity index (χ1) is 13.4. The number of aryl methyl sites for hydroxylation is 1. The Bertz CT molecular complexity index is 875. The zero-order valence-corrected chi connectivity index (χ0v) is 17.0. The molecule has 9 heteroatoms. The fourth-order valence-electron chi connectivity index (χ4n) is 3.50. The highest BCUT2D eigenvalue weighted by molar-refractivity contribution is 7.13. The number of ether oxygens (including phenoxy) is 1. The first-order valence-electron chi connectivity index (χ1n) is 9.28. The number of likely N-dealkylation sites (tertiary alicyclic amines) is 1. The second-order valence-electron chi connectivity index (χ2n) is 6.76. The number of hydrogen-bond donors (Lipinski definition) is 2. The third-order valence-corrected chi connectivity index (χ3v) is 5.56. The lowest BCUT2D eigenvalue weighted by atomic mass is 9.96. The van der Waals surface area contributed by atoms with Gasteiger partial charge in [0.15, 0.2) is 5.13 Å². The first kappa shape index (κ1) is 20.1. The van der Waals surface area contributed by atoms with Crippen molar-refractivity contribution in [3.05, 3.63) is 34.1 Å². The maximum Gasteiger partial charge on any atom is 0.340 e. The minimum absolute atomic E-state index is 0.126. The summed E-state index contributed by atoms with van der Waals surface area (Å²) in [6, 6.07) is 0. The molecule has 0 radical (unpaired) electrons. The van der Waals surface area contributed by atoms with E-state index < -0.39 is 5.97 Å². The van der Waals surface area contributed by atoms with Gasteiger partial charge in [-0.1, -0.05) is 0 Å². The molecule has 1 atom stereocenters. The van der Waals surface area contributed by atoms with E-state index in [1.165, 1.54) is 11.3 Å². The van der Waals surface area contributed by atoms with E-state index in [1.54, 1.807) is 37.2 Å². The molecule has 28 heavy (non-hydrogen) atoms. The van der Waals surface area contributed by atoms with Crippen molar-refractivity contribution in [3.8, 4) is 0 Å². The normalized spacial score (nSPS) is 16.7. The molecule has 2 aromatic heterocycles. The number of aromatic amines is 1. The van der Waals surface area contributed by atoms with Gasteiger partial charge in [0.2, 0.25) is 5.91 Å². The number of amides is 2. The van der Waals surface area contributed by atoms with E-state index in [-0.39, 0.29) is 24.3 Å². The van der Waals surface area contributed by atoms with Crippen molar-refractivity contribution in [1.29, 1.82) is 0 Å². The topological polar surface area (TPSA) is 104 Å². The predicted octanol–water partition coefficient (Wildman–Crippen LogP) is 2.76. The number of anilines is 1. The maximum atomic E-state index is 13.1. The number of carbonyl (C=O) groups is 3. The molecule has 2 N–H and O–H groups in total. The van der Waals surface area contributed by atoms with E-state index >= 15 is 0 Å². The number of aromatic nitrogens is 2. The van der Waals surface area contributed by atoms with Crippen LogP contribution in [0, 0.1) is 19.8 Å². The van der Waals surface area contributed by atoms with Crippen molar-refractivity contribution in [2.45, 2.75) is 33.6 Å². The van der Waals surface area contributed by atoms with Gasteiger partial charge < -0.3 is 19.9 Å². The maximum absolute atomic E-state index is 13.1. The van der Waals surface area contributed by atoms with Crippen LogP contribution >= 0.6 is 11.3 Å². The molecule has 1 aliphatic rings. The van der Waals surface area contributed by atoms with Crippen LogP contribution in [0.3, 0.4) is 0 Å². The Labute approximate surface area is 167 Å². The molecule has 8 nitrogen and oxygen atoms in total. The molecule has 3 heterocycles. The SMILES string of the molecule is CCOC(=O)c1c(C)[nH]c(C(=O)N2CCCC(C(=O)Nc3nccs3)C2)c1C. The number of nitrogens with one attached hydrogen (secondary N) is 2. The number of H-pyrrole nitrogens is 1. The number of thiazole rings is 1. The Balaban J connectivity index is 1.73. The molecule has 0 saturated carbocycles. The van der Waals surface area contributed by atoms with E-state index in [9.17, 15) is 14.4 Å². The van der Waals surface area contributed by atoms with Gasteiger partial charge in [0, 0.05) is 30.4 Å². The van der Waals surface area contributed by atoms with Crippen molar-refractivity contribution in [3.63, 3.8) is 0 Å². The Morgan fingerprint density at radius 2 is 2.18 bits per heavy atom. The van der Waals surface area contributed by atoms with Gasteiger partial charge in [0.25, 0.3) is 5.91 Å². The van der Waals surface area contributed by atoms with Gasteiger partial charge in [0.05, 0.1) is 18.1 Å². The zero-order valence-electron chi connectivity index (χ0n) is 16.2. The average molecular weight is 404 g/mol. The third kappa shape index (κ3) is 4.09. The summed E-state index contributed by atoms with van der Waals surface area (Å²) in [6.45, 7) is 6.41. The molecule has 1 fully saturated rings. The molecule has 1 unspecified atom stereocenters. The van der Waals surface area contributed by atoms with Crippen LogP contribution in [-0.2, 0) is 9.53 Å². The molecule has 0 aromatic carbocycles. The van der Waals surface area contributed by atoms with Gasteiger partial charge in [-0.2, -0.15) is 0 Å². The summed E-state index contributed by atoms with van der Waals surface area (Å²) in [7, 11) is 0. The summed E-state index contributed by atoms with van der Waals surface area (Å²) in [4.78, 5) is 46.5. The first-order valence-corrected chi connectivity index (χ1v) is 10.2. The van der Waals surface area contributed by atoms with Crippen molar-refractivity contribution < 1.29 is 19.1 Å². The number of nitrogens with zero attached hydrogens (tertiary/aromatic N) is 2. The van der Waals surface area contributed by atoms with Crippen LogP contribution in [0.25, 0.3) is 0 Å². The zero-order chi connectivity index (χ0) is 20.3. The highest BCUT2D eigenvalue weighted by Gasteiger charge is 2.32. The molecular formula is C19H24N4O4S. The predicted molar refractivity (Wildman–Crippen MR) is 106 cm³/mol. The summed E-state index contributed by atoms with van der Waals surface area (Å²) < 4.78 is 5.08.